The second-order valence-electron chi connectivity index (χ2n) is 4.13. The van der Waals surface area contributed by atoms with E-state index in [1.807, 2.05) is 13.8 Å². The van der Waals surface area contributed by atoms with Crippen molar-refractivity contribution in [1.29, 1.82) is 0 Å². The minimum atomic E-state index is -0.0608. The van der Waals surface area contributed by atoms with Crippen LogP contribution < -0.4 is 0 Å². The maximum absolute atomic E-state index is 12.1. The summed E-state index contributed by atoms with van der Waals surface area (Å²) in [6.07, 6.45) is 1.69. The lowest BCUT2D eigenvalue weighted by Crippen LogP contribution is -2.22. The predicted octanol–water partition coefficient (Wildman–Crippen LogP) is 3.08. The molecule has 1 radical (unpaired) electrons. The van der Waals surface area contributed by atoms with E-state index in [-0.39, 0.29) is 17.5 Å². The molecule has 0 atom stereocenters. The van der Waals surface area contributed by atoms with Gasteiger partial charge in [-0.3, -0.25) is 9.59 Å². The molecule has 0 saturated carbocycles. The summed E-state index contributed by atoms with van der Waals surface area (Å²) in [5.74, 6) is 0.474. The minimum absolute atomic E-state index is 0.0608. The van der Waals surface area contributed by atoms with Crippen LogP contribution in [-0.4, -0.2) is 11.6 Å². The van der Waals surface area contributed by atoms with Gasteiger partial charge in [0.05, 0.1) is 0 Å². The highest BCUT2D eigenvalue weighted by atomic mass is 16.2. The molecule has 0 fully saturated rings. The zero-order valence-corrected chi connectivity index (χ0v) is 9.62. The molecule has 1 aromatic rings. The van der Waals surface area contributed by atoms with Crippen LogP contribution in [0.2, 0.25) is 0 Å². The van der Waals surface area contributed by atoms with Gasteiger partial charge in [0.25, 0.3) is 0 Å². The highest BCUT2D eigenvalue weighted by Crippen LogP contribution is 2.35. The number of rotatable bonds is 3. The number of ketones is 2. The van der Waals surface area contributed by atoms with Gasteiger partial charge in [-0.1, -0.05) is 51.0 Å². The normalized spacial score (nSPS) is 15.9. The summed E-state index contributed by atoms with van der Waals surface area (Å²) in [4.78, 5) is 24.2. The van der Waals surface area contributed by atoms with Crippen LogP contribution in [-0.2, 0) is 0 Å². The Morgan fingerprint density at radius 1 is 0.938 bits per heavy atom. The third-order valence-electron chi connectivity index (χ3n) is 3.30. The Hall–Kier alpha value is -1.44. The van der Waals surface area contributed by atoms with E-state index < -0.39 is 0 Å². The number of carbonyl (C=O) groups is 2. The van der Waals surface area contributed by atoms with Crippen LogP contribution in [0.3, 0.4) is 0 Å². The molecule has 2 rings (SSSR count). The van der Waals surface area contributed by atoms with Crippen LogP contribution in [0.4, 0.5) is 0 Å². The zero-order chi connectivity index (χ0) is 11.7. The van der Waals surface area contributed by atoms with E-state index in [2.05, 4.69) is 0 Å². The summed E-state index contributed by atoms with van der Waals surface area (Å²) >= 11 is 0. The van der Waals surface area contributed by atoms with Crippen molar-refractivity contribution in [1.82, 2.24) is 0 Å². The molecule has 0 spiro atoms. The number of Topliss-reactive ketones (excluding diaryl/α,β-unsaturated/α-hetero) is 2. The van der Waals surface area contributed by atoms with E-state index in [1.54, 1.807) is 24.3 Å². The fraction of sp³-hybridized carbons (Fsp3) is 0.357. The molecule has 0 aliphatic heterocycles. The number of hydrogen-bond donors (Lipinski definition) is 0. The van der Waals surface area contributed by atoms with Crippen LogP contribution in [0, 0.1) is 11.8 Å². The van der Waals surface area contributed by atoms with Crippen LogP contribution >= 0.6 is 0 Å². The first kappa shape index (κ1) is 11.1. The van der Waals surface area contributed by atoms with E-state index in [1.165, 1.54) is 0 Å². The van der Waals surface area contributed by atoms with E-state index in [4.69, 9.17) is 0 Å². The maximum atomic E-state index is 12.1. The van der Waals surface area contributed by atoms with Crippen LogP contribution in [0.1, 0.15) is 47.4 Å². The quantitative estimate of drug-likeness (QED) is 0.776. The lowest BCUT2D eigenvalue weighted by Gasteiger charge is -2.16. The SMILES string of the molecule is CCC(CC)[C]1C(=O)c2ccccc2C1=O. The number of carbonyl (C=O) groups excluding carboxylic acids is 2. The summed E-state index contributed by atoms with van der Waals surface area (Å²) in [7, 11) is 0. The fourth-order valence-corrected chi connectivity index (χ4v) is 2.34. The molecule has 1 aromatic carbocycles. The molecule has 2 nitrogen and oxygen atoms in total. The number of benzene rings is 1. The number of hydrogen-bond acceptors (Lipinski definition) is 2. The van der Waals surface area contributed by atoms with Crippen molar-refractivity contribution in [3.8, 4) is 0 Å². The van der Waals surface area contributed by atoms with Crippen LogP contribution in [0.5, 0.6) is 0 Å². The molecule has 1 aliphatic rings. The molecular weight excluding hydrogens is 200 g/mol. The van der Waals surface area contributed by atoms with Gasteiger partial charge in [-0.25, -0.2) is 0 Å². The molecule has 0 N–H and O–H groups in total. The second-order valence-corrected chi connectivity index (χ2v) is 4.13. The smallest absolute Gasteiger partial charge is 0.179 e. The monoisotopic (exact) mass is 215 g/mol. The molecule has 2 heteroatoms. The molecule has 0 aromatic heterocycles. The first-order chi connectivity index (χ1) is 7.70. The zero-order valence-electron chi connectivity index (χ0n) is 9.62. The van der Waals surface area contributed by atoms with E-state index in [9.17, 15) is 9.59 Å². The third kappa shape index (κ3) is 1.49. The first-order valence-corrected chi connectivity index (χ1v) is 5.75. The average molecular weight is 215 g/mol. The Morgan fingerprint density at radius 2 is 1.38 bits per heavy atom. The van der Waals surface area contributed by atoms with Crippen molar-refractivity contribution in [3.63, 3.8) is 0 Å². The molecule has 16 heavy (non-hydrogen) atoms. The first-order valence-electron chi connectivity index (χ1n) is 5.75. The minimum Gasteiger partial charge on any atom is -0.293 e. The Bertz CT molecular complexity index is 395. The Kier molecular flexibility index (Phi) is 2.90. The van der Waals surface area contributed by atoms with Crippen molar-refractivity contribution in [2.45, 2.75) is 26.7 Å². The van der Waals surface area contributed by atoms with Gasteiger partial charge in [0.1, 0.15) is 5.92 Å². The lowest BCUT2D eigenvalue weighted by atomic mass is 9.84. The summed E-state index contributed by atoms with van der Waals surface area (Å²) in [6, 6.07) is 7.09. The lowest BCUT2D eigenvalue weighted by molar-refractivity contribution is 0.0921. The van der Waals surface area contributed by atoms with Gasteiger partial charge in [0.2, 0.25) is 0 Å². The van der Waals surface area contributed by atoms with E-state index in [0.717, 1.165) is 12.8 Å². The van der Waals surface area contributed by atoms with Crippen molar-refractivity contribution >= 4 is 11.6 Å². The second kappa shape index (κ2) is 4.20. The van der Waals surface area contributed by atoms with Gasteiger partial charge in [-0.05, 0) is 5.92 Å². The predicted molar refractivity (Wildman–Crippen MR) is 62.4 cm³/mol. The molecule has 1 aliphatic carbocycles. The van der Waals surface area contributed by atoms with Crippen LogP contribution in [0.25, 0.3) is 0 Å². The summed E-state index contributed by atoms with van der Waals surface area (Å²) in [5, 5.41) is 0. The topological polar surface area (TPSA) is 34.1 Å². The number of fused-ring (bicyclic) bond motifs is 1. The summed E-state index contributed by atoms with van der Waals surface area (Å²) in [6.45, 7) is 4.04. The average Bonchev–Trinajstić information content (AvgIpc) is 2.57. The Morgan fingerprint density at radius 3 is 1.75 bits per heavy atom. The van der Waals surface area contributed by atoms with Crippen LogP contribution in [0.15, 0.2) is 24.3 Å². The molecular formula is C14H15O2. The molecule has 0 bridgehead atoms. The molecule has 0 amide bonds. The molecule has 0 unspecified atom stereocenters. The maximum Gasteiger partial charge on any atom is 0.179 e. The van der Waals surface area contributed by atoms with Crippen molar-refractivity contribution in [3.05, 3.63) is 41.3 Å². The van der Waals surface area contributed by atoms with Gasteiger partial charge in [-0.2, -0.15) is 0 Å². The Labute approximate surface area is 95.7 Å². The van der Waals surface area contributed by atoms with Gasteiger partial charge in [-0.15, -0.1) is 0 Å². The van der Waals surface area contributed by atoms with Gasteiger partial charge in [0.15, 0.2) is 11.6 Å². The summed E-state index contributed by atoms with van der Waals surface area (Å²) < 4.78 is 0. The van der Waals surface area contributed by atoms with Gasteiger partial charge < -0.3 is 0 Å². The highest BCUT2D eigenvalue weighted by Gasteiger charge is 2.42. The van der Waals surface area contributed by atoms with Gasteiger partial charge in [0, 0.05) is 11.1 Å². The fourth-order valence-electron chi connectivity index (χ4n) is 2.34. The van der Waals surface area contributed by atoms with E-state index in [0.29, 0.717) is 17.0 Å². The van der Waals surface area contributed by atoms with Crippen molar-refractivity contribution < 1.29 is 9.59 Å². The van der Waals surface area contributed by atoms with Crippen molar-refractivity contribution in [2.75, 3.05) is 0 Å². The standard InChI is InChI=1S/C14H15O2/c1-3-9(4-2)12-13(15)10-7-5-6-8-11(10)14(12)16/h5-9H,3-4H2,1-2H3. The molecule has 0 saturated heterocycles. The largest absolute Gasteiger partial charge is 0.293 e. The van der Waals surface area contributed by atoms with Crippen molar-refractivity contribution in [2.24, 2.45) is 5.92 Å². The third-order valence-corrected chi connectivity index (χ3v) is 3.30. The van der Waals surface area contributed by atoms with E-state index >= 15 is 0 Å². The molecule has 83 valence electrons. The highest BCUT2D eigenvalue weighted by molar-refractivity contribution is 6.36. The van der Waals surface area contributed by atoms with Gasteiger partial charge >= 0.3 is 0 Å². The Balaban J connectivity index is 2.42. The molecule has 0 heterocycles. The summed E-state index contributed by atoms with van der Waals surface area (Å²) in [5.41, 5.74) is 1.16.